The summed E-state index contributed by atoms with van der Waals surface area (Å²) in [7, 11) is 1.55. The third-order valence-corrected chi connectivity index (χ3v) is 3.92. The minimum atomic E-state index is -0.924. The molecule has 1 N–H and O–H groups in total. The molecule has 0 saturated heterocycles. The third kappa shape index (κ3) is 4.92. The van der Waals surface area contributed by atoms with Crippen LogP contribution in [0.3, 0.4) is 0 Å². The van der Waals surface area contributed by atoms with Gasteiger partial charge in [0.15, 0.2) is 0 Å². The van der Waals surface area contributed by atoms with Crippen molar-refractivity contribution in [3.8, 4) is 0 Å². The Balaban J connectivity index is 0.000000217. The molecule has 0 aliphatic heterocycles. The smallest absolute Gasteiger partial charge is 0.347 e. The Hall–Kier alpha value is -1.43. The third-order valence-electron chi connectivity index (χ3n) is 2.38. The van der Waals surface area contributed by atoms with E-state index < -0.39 is 5.97 Å². The fourth-order valence-electron chi connectivity index (χ4n) is 1.39. The van der Waals surface area contributed by atoms with Gasteiger partial charge in [-0.25, -0.2) is 9.78 Å². The fourth-order valence-corrected chi connectivity index (χ4v) is 2.40. The van der Waals surface area contributed by atoms with Gasteiger partial charge in [0, 0.05) is 12.1 Å². The molecule has 1 aromatic heterocycles. The van der Waals surface area contributed by atoms with Crippen LogP contribution in [0.15, 0.2) is 24.3 Å². The van der Waals surface area contributed by atoms with E-state index >= 15 is 0 Å². The monoisotopic (exact) mass is 313 g/mol. The van der Waals surface area contributed by atoms with Crippen molar-refractivity contribution >= 4 is 28.9 Å². The summed E-state index contributed by atoms with van der Waals surface area (Å²) >= 11 is 6.87. The van der Waals surface area contributed by atoms with E-state index in [-0.39, 0.29) is 0 Å². The second kappa shape index (κ2) is 7.99. The summed E-state index contributed by atoms with van der Waals surface area (Å²) in [5, 5.41) is 10.2. The molecule has 0 bridgehead atoms. The first kappa shape index (κ1) is 16.6. The lowest BCUT2D eigenvalue weighted by Crippen LogP contribution is -1.94. The number of carbonyl (C=O) groups is 1. The minimum absolute atomic E-state index is 0.294. The molecule has 2 aromatic rings. The molecule has 0 unspecified atom stereocenters. The van der Waals surface area contributed by atoms with Crippen molar-refractivity contribution in [2.45, 2.75) is 20.5 Å². The van der Waals surface area contributed by atoms with E-state index in [1.54, 1.807) is 14.0 Å². The number of benzene rings is 1. The SMILES string of the molecule is COCc1nc(C)c(C(=O)O)s1.Cc1ccccc1Cl. The highest BCUT2D eigenvalue weighted by Gasteiger charge is 2.13. The Bertz CT molecular complexity index is 563. The predicted molar refractivity (Wildman–Crippen MR) is 80.7 cm³/mol. The highest BCUT2D eigenvalue weighted by molar-refractivity contribution is 7.13. The number of hydrogen-bond donors (Lipinski definition) is 1. The lowest BCUT2D eigenvalue weighted by atomic mass is 10.2. The Kier molecular flexibility index (Phi) is 6.64. The Morgan fingerprint density at radius 1 is 1.40 bits per heavy atom. The summed E-state index contributed by atoms with van der Waals surface area (Å²) in [6.45, 7) is 4.04. The first-order valence-corrected chi connectivity index (χ1v) is 7.04. The number of nitrogens with zero attached hydrogens (tertiary/aromatic N) is 1. The normalized spacial score (nSPS) is 9.80. The molecule has 0 aliphatic rings. The van der Waals surface area contributed by atoms with Gasteiger partial charge in [-0.05, 0) is 25.5 Å². The van der Waals surface area contributed by atoms with Crippen LogP contribution in [-0.4, -0.2) is 23.2 Å². The molecular formula is C14H16ClNO3S. The van der Waals surface area contributed by atoms with Crippen molar-refractivity contribution in [2.75, 3.05) is 7.11 Å². The lowest BCUT2D eigenvalue weighted by Gasteiger charge is -1.90. The largest absolute Gasteiger partial charge is 0.477 e. The molecule has 0 saturated carbocycles. The van der Waals surface area contributed by atoms with Crippen LogP contribution in [0.1, 0.15) is 25.9 Å². The van der Waals surface area contributed by atoms with Crippen molar-refractivity contribution in [3.63, 3.8) is 0 Å². The number of carboxylic acid groups (broad SMARTS) is 1. The molecule has 20 heavy (non-hydrogen) atoms. The Morgan fingerprint density at radius 3 is 2.45 bits per heavy atom. The molecule has 0 spiro atoms. The van der Waals surface area contributed by atoms with Crippen molar-refractivity contribution in [1.82, 2.24) is 4.98 Å². The van der Waals surface area contributed by atoms with Gasteiger partial charge in [0.1, 0.15) is 9.88 Å². The topological polar surface area (TPSA) is 59.4 Å². The first-order valence-electron chi connectivity index (χ1n) is 5.85. The van der Waals surface area contributed by atoms with Gasteiger partial charge in [-0.2, -0.15) is 0 Å². The van der Waals surface area contributed by atoms with Crippen LogP contribution < -0.4 is 0 Å². The summed E-state index contributed by atoms with van der Waals surface area (Å²) in [4.78, 5) is 14.9. The molecule has 0 amide bonds. The molecule has 6 heteroatoms. The van der Waals surface area contributed by atoms with E-state index in [1.807, 2.05) is 31.2 Å². The fraction of sp³-hybridized carbons (Fsp3) is 0.286. The molecular weight excluding hydrogens is 298 g/mol. The number of aromatic carboxylic acids is 1. The number of aryl methyl sites for hydroxylation is 2. The molecule has 4 nitrogen and oxygen atoms in total. The Labute approximate surface area is 127 Å². The summed E-state index contributed by atoms with van der Waals surface area (Å²) in [5.74, 6) is -0.924. The second-order valence-corrected chi connectivity index (χ2v) is 5.50. The van der Waals surface area contributed by atoms with Gasteiger partial charge in [0.25, 0.3) is 0 Å². The molecule has 0 atom stereocenters. The van der Waals surface area contributed by atoms with E-state index in [1.165, 1.54) is 0 Å². The number of ether oxygens (including phenoxy) is 1. The van der Waals surface area contributed by atoms with Crippen LogP contribution in [-0.2, 0) is 11.3 Å². The maximum Gasteiger partial charge on any atom is 0.347 e. The second-order valence-electron chi connectivity index (χ2n) is 4.01. The molecule has 108 valence electrons. The van der Waals surface area contributed by atoms with Crippen molar-refractivity contribution in [1.29, 1.82) is 0 Å². The maximum atomic E-state index is 10.6. The zero-order chi connectivity index (χ0) is 15.1. The Morgan fingerprint density at radius 2 is 2.05 bits per heavy atom. The van der Waals surface area contributed by atoms with Gasteiger partial charge in [-0.1, -0.05) is 29.8 Å². The van der Waals surface area contributed by atoms with Gasteiger partial charge >= 0.3 is 5.97 Å². The summed E-state index contributed by atoms with van der Waals surface area (Å²) in [6, 6.07) is 7.77. The van der Waals surface area contributed by atoms with Gasteiger partial charge < -0.3 is 9.84 Å². The number of carboxylic acids is 1. The zero-order valence-corrected chi connectivity index (χ0v) is 13.1. The van der Waals surface area contributed by atoms with Crippen molar-refractivity contribution in [2.24, 2.45) is 0 Å². The number of hydrogen-bond acceptors (Lipinski definition) is 4. The quantitative estimate of drug-likeness (QED) is 0.932. The van der Waals surface area contributed by atoms with E-state index in [0.29, 0.717) is 22.2 Å². The van der Waals surface area contributed by atoms with Crippen LogP contribution in [0.2, 0.25) is 5.02 Å². The minimum Gasteiger partial charge on any atom is -0.477 e. The molecule has 0 fully saturated rings. The average Bonchev–Trinajstić information content (AvgIpc) is 2.76. The molecule has 1 aromatic carbocycles. The van der Waals surface area contributed by atoms with Gasteiger partial charge in [0.05, 0.1) is 12.3 Å². The zero-order valence-electron chi connectivity index (χ0n) is 11.5. The van der Waals surface area contributed by atoms with Crippen molar-refractivity contribution < 1.29 is 14.6 Å². The number of halogens is 1. The number of aromatic nitrogens is 1. The summed E-state index contributed by atoms with van der Waals surface area (Å²) in [5.41, 5.74) is 1.69. The average molecular weight is 314 g/mol. The van der Waals surface area contributed by atoms with Gasteiger partial charge in [-0.3, -0.25) is 0 Å². The lowest BCUT2D eigenvalue weighted by molar-refractivity contribution is 0.0701. The summed E-state index contributed by atoms with van der Waals surface area (Å²) in [6.07, 6.45) is 0. The maximum absolute atomic E-state index is 10.6. The van der Waals surface area contributed by atoms with Crippen LogP contribution in [0.5, 0.6) is 0 Å². The van der Waals surface area contributed by atoms with E-state index in [0.717, 1.165) is 21.9 Å². The molecule has 1 heterocycles. The van der Waals surface area contributed by atoms with Crippen LogP contribution in [0.4, 0.5) is 0 Å². The molecule has 2 rings (SSSR count). The van der Waals surface area contributed by atoms with Crippen molar-refractivity contribution in [3.05, 3.63) is 50.4 Å². The van der Waals surface area contributed by atoms with Gasteiger partial charge in [-0.15, -0.1) is 11.3 Å². The van der Waals surface area contributed by atoms with Crippen LogP contribution in [0.25, 0.3) is 0 Å². The summed E-state index contributed by atoms with van der Waals surface area (Å²) < 4.78 is 4.83. The highest BCUT2D eigenvalue weighted by Crippen LogP contribution is 2.18. The highest BCUT2D eigenvalue weighted by atomic mass is 35.5. The number of thiazole rings is 1. The van der Waals surface area contributed by atoms with Gasteiger partial charge in [0.2, 0.25) is 0 Å². The first-order chi connectivity index (χ1) is 9.45. The number of methoxy groups -OCH3 is 1. The van der Waals surface area contributed by atoms with Crippen LogP contribution >= 0.6 is 22.9 Å². The standard InChI is InChI=1S/C7H7Cl.C7H9NO3S/c1-6-4-2-3-5-7(6)8;1-4-6(7(9)10)12-5(8-4)3-11-2/h2-5H,1H3;3H2,1-2H3,(H,9,10). The number of rotatable bonds is 3. The van der Waals surface area contributed by atoms with E-state index in [4.69, 9.17) is 21.4 Å². The van der Waals surface area contributed by atoms with Crippen LogP contribution in [0, 0.1) is 13.8 Å². The van der Waals surface area contributed by atoms with E-state index in [9.17, 15) is 4.79 Å². The van der Waals surface area contributed by atoms with E-state index in [2.05, 4.69) is 4.98 Å². The predicted octanol–water partition coefficient (Wildman–Crippen LogP) is 3.94. The molecule has 0 radical (unpaired) electrons. The molecule has 0 aliphatic carbocycles.